The van der Waals surface area contributed by atoms with E-state index in [4.69, 9.17) is 0 Å². The Labute approximate surface area is 94.5 Å². The van der Waals surface area contributed by atoms with Gasteiger partial charge >= 0.3 is 5.97 Å². The summed E-state index contributed by atoms with van der Waals surface area (Å²) in [5, 5.41) is 0.492. The number of hydrogen-bond acceptors (Lipinski definition) is 3. The van der Waals surface area contributed by atoms with Gasteiger partial charge < -0.3 is 4.74 Å². The Kier molecular flexibility index (Phi) is 5.80. The molecule has 0 rings (SSSR count). The van der Waals surface area contributed by atoms with E-state index in [1.54, 1.807) is 0 Å². The Morgan fingerprint density at radius 2 is 2.00 bits per heavy atom. The molecule has 0 aromatic rings. The predicted octanol–water partition coefficient (Wildman–Crippen LogP) is 2.06. The minimum absolute atomic E-state index is 0.00766. The molecule has 0 spiro atoms. The zero-order valence-corrected chi connectivity index (χ0v) is 10.8. The standard InChI is InChI=1S/C8H12Br2O3/c1-6(11)8(10,5-9)4-3-7(12)13-2/h3-5H2,1-2H3. The summed E-state index contributed by atoms with van der Waals surface area (Å²) < 4.78 is 3.85. The lowest BCUT2D eigenvalue weighted by atomic mass is 10.0. The van der Waals surface area contributed by atoms with Crippen LogP contribution in [0.2, 0.25) is 0 Å². The maximum absolute atomic E-state index is 11.2. The number of Topliss-reactive ketones (excluding diaryl/α,β-unsaturated/α-hetero) is 1. The molecule has 0 aliphatic heterocycles. The van der Waals surface area contributed by atoms with Crippen LogP contribution in [0.4, 0.5) is 0 Å². The van der Waals surface area contributed by atoms with Gasteiger partial charge in [0.2, 0.25) is 0 Å². The van der Waals surface area contributed by atoms with Crippen LogP contribution in [0.1, 0.15) is 19.8 Å². The lowest BCUT2D eigenvalue weighted by molar-refractivity contribution is -0.140. The largest absolute Gasteiger partial charge is 0.469 e. The van der Waals surface area contributed by atoms with Gasteiger partial charge in [0, 0.05) is 11.8 Å². The van der Waals surface area contributed by atoms with Crippen LogP contribution in [-0.4, -0.2) is 28.5 Å². The molecule has 0 bridgehead atoms. The second-order valence-electron chi connectivity index (χ2n) is 2.73. The summed E-state index contributed by atoms with van der Waals surface area (Å²) >= 11 is 6.53. The van der Waals surface area contributed by atoms with E-state index in [-0.39, 0.29) is 18.2 Å². The van der Waals surface area contributed by atoms with Crippen molar-refractivity contribution in [3.05, 3.63) is 0 Å². The van der Waals surface area contributed by atoms with Crippen LogP contribution in [0, 0.1) is 0 Å². The summed E-state index contributed by atoms with van der Waals surface area (Å²) in [6.45, 7) is 1.49. The number of esters is 1. The predicted molar refractivity (Wildman–Crippen MR) is 57.4 cm³/mol. The molecule has 0 N–H and O–H groups in total. The average Bonchev–Trinajstić information content (AvgIpc) is 2.13. The van der Waals surface area contributed by atoms with E-state index >= 15 is 0 Å². The Balaban J connectivity index is 4.13. The molecule has 0 amide bonds. The van der Waals surface area contributed by atoms with Crippen molar-refractivity contribution in [2.45, 2.75) is 24.1 Å². The number of ether oxygens (including phenoxy) is 1. The number of halogens is 2. The van der Waals surface area contributed by atoms with E-state index in [0.717, 1.165) is 0 Å². The molecule has 76 valence electrons. The van der Waals surface area contributed by atoms with Crippen LogP contribution in [0.25, 0.3) is 0 Å². The van der Waals surface area contributed by atoms with Crippen molar-refractivity contribution >= 4 is 43.6 Å². The highest BCUT2D eigenvalue weighted by molar-refractivity contribution is 9.12. The van der Waals surface area contributed by atoms with Crippen LogP contribution in [-0.2, 0) is 14.3 Å². The fourth-order valence-electron chi connectivity index (χ4n) is 0.739. The Morgan fingerprint density at radius 3 is 2.31 bits per heavy atom. The van der Waals surface area contributed by atoms with Gasteiger partial charge in [-0.25, -0.2) is 0 Å². The third kappa shape index (κ3) is 4.22. The topological polar surface area (TPSA) is 43.4 Å². The van der Waals surface area contributed by atoms with Crippen LogP contribution in [0.3, 0.4) is 0 Å². The molecule has 0 heterocycles. The van der Waals surface area contributed by atoms with Crippen LogP contribution in [0.5, 0.6) is 0 Å². The van der Waals surface area contributed by atoms with Gasteiger partial charge in [-0.15, -0.1) is 0 Å². The van der Waals surface area contributed by atoms with Crippen molar-refractivity contribution in [1.82, 2.24) is 0 Å². The van der Waals surface area contributed by atoms with Crippen molar-refractivity contribution < 1.29 is 14.3 Å². The number of carbonyl (C=O) groups excluding carboxylic acids is 2. The highest BCUT2D eigenvalue weighted by Gasteiger charge is 2.31. The molecule has 3 nitrogen and oxygen atoms in total. The molecule has 0 radical (unpaired) electrons. The zero-order valence-electron chi connectivity index (χ0n) is 7.60. The first kappa shape index (κ1) is 13.1. The molecule has 0 aromatic heterocycles. The third-order valence-electron chi connectivity index (χ3n) is 1.80. The molecule has 1 atom stereocenters. The van der Waals surface area contributed by atoms with Crippen LogP contribution < -0.4 is 0 Å². The van der Waals surface area contributed by atoms with Gasteiger partial charge in [-0.05, 0) is 13.3 Å². The Morgan fingerprint density at radius 1 is 1.46 bits per heavy atom. The quantitative estimate of drug-likeness (QED) is 0.576. The third-order valence-corrected chi connectivity index (χ3v) is 4.74. The molecular formula is C8H12Br2O3. The van der Waals surface area contributed by atoms with E-state index in [1.807, 2.05) is 0 Å². The smallest absolute Gasteiger partial charge is 0.305 e. The molecule has 0 fully saturated rings. The Hall–Kier alpha value is 0.1000. The summed E-state index contributed by atoms with van der Waals surface area (Å²) in [4.78, 5) is 22.0. The average molecular weight is 316 g/mol. The summed E-state index contributed by atoms with van der Waals surface area (Å²) in [6.07, 6.45) is 0.688. The molecule has 13 heavy (non-hydrogen) atoms. The van der Waals surface area contributed by atoms with Crippen molar-refractivity contribution in [2.24, 2.45) is 0 Å². The van der Waals surface area contributed by atoms with Gasteiger partial charge in [0.05, 0.1) is 11.4 Å². The van der Waals surface area contributed by atoms with Gasteiger partial charge in [-0.3, -0.25) is 9.59 Å². The minimum Gasteiger partial charge on any atom is -0.469 e. The number of hydrogen-bond donors (Lipinski definition) is 0. The molecule has 0 aliphatic carbocycles. The van der Waals surface area contributed by atoms with Crippen molar-refractivity contribution in [3.63, 3.8) is 0 Å². The summed E-state index contributed by atoms with van der Waals surface area (Å²) in [6, 6.07) is 0. The van der Waals surface area contributed by atoms with Crippen molar-refractivity contribution in [1.29, 1.82) is 0 Å². The molecule has 5 heteroatoms. The summed E-state index contributed by atoms with van der Waals surface area (Å²) in [5.41, 5.74) is 0. The zero-order chi connectivity index (χ0) is 10.5. The van der Waals surface area contributed by atoms with Gasteiger partial charge in [0.15, 0.2) is 0 Å². The normalized spacial score (nSPS) is 14.8. The van der Waals surface area contributed by atoms with E-state index in [9.17, 15) is 9.59 Å². The van der Waals surface area contributed by atoms with E-state index in [1.165, 1.54) is 14.0 Å². The first-order chi connectivity index (χ1) is 5.96. The maximum Gasteiger partial charge on any atom is 0.305 e. The number of carbonyl (C=O) groups is 2. The van der Waals surface area contributed by atoms with E-state index < -0.39 is 4.32 Å². The monoisotopic (exact) mass is 314 g/mol. The van der Waals surface area contributed by atoms with Gasteiger partial charge in [0.1, 0.15) is 5.78 Å². The Bertz CT molecular complexity index is 206. The van der Waals surface area contributed by atoms with Crippen molar-refractivity contribution in [2.75, 3.05) is 12.4 Å². The number of methoxy groups -OCH3 is 1. The molecule has 0 aliphatic rings. The molecule has 1 unspecified atom stereocenters. The highest BCUT2D eigenvalue weighted by Crippen LogP contribution is 2.27. The number of alkyl halides is 2. The molecule has 0 aromatic carbocycles. The first-order valence-electron chi connectivity index (χ1n) is 3.79. The van der Waals surface area contributed by atoms with E-state index in [0.29, 0.717) is 11.8 Å². The van der Waals surface area contributed by atoms with Gasteiger partial charge in [-0.1, -0.05) is 31.9 Å². The lowest BCUT2D eigenvalue weighted by Gasteiger charge is -2.20. The fraction of sp³-hybridized carbons (Fsp3) is 0.750. The van der Waals surface area contributed by atoms with Gasteiger partial charge in [-0.2, -0.15) is 0 Å². The highest BCUT2D eigenvalue weighted by atomic mass is 79.9. The maximum atomic E-state index is 11.2. The van der Waals surface area contributed by atoms with Crippen LogP contribution in [0.15, 0.2) is 0 Å². The summed E-state index contributed by atoms with van der Waals surface area (Å²) in [7, 11) is 1.33. The van der Waals surface area contributed by atoms with Crippen molar-refractivity contribution in [3.8, 4) is 0 Å². The SMILES string of the molecule is COC(=O)CCC(Br)(CBr)C(C)=O. The second kappa shape index (κ2) is 5.75. The van der Waals surface area contributed by atoms with Crippen LogP contribution >= 0.6 is 31.9 Å². The number of ketones is 1. The van der Waals surface area contributed by atoms with E-state index in [2.05, 4.69) is 36.6 Å². The molecule has 0 saturated heterocycles. The minimum atomic E-state index is -0.638. The fourth-order valence-corrected chi connectivity index (χ4v) is 1.61. The molecule has 0 saturated carbocycles. The second-order valence-corrected chi connectivity index (χ2v) is 4.81. The lowest BCUT2D eigenvalue weighted by Crippen LogP contribution is -2.32. The van der Waals surface area contributed by atoms with Gasteiger partial charge in [0.25, 0.3) is 0 Å². The first-order valence-corrected chi connectivity index (χ1v) is 5.70. The molecular weight excluding hydrogens is 304 g/mol. The summed E-state index contributed by atoms with van der Waals surface area (Å²) in [5.74, 6) is -0.292. The number of rotatable bonds is 5.